The number of Topliss-reactive ketones (excluding diaryl/α,β-unsaturated/α-hetero) is 1. The first kappa shape index (κ1) is 23.3. The maximum Gasteiger partial charge on any atom is 0.136 e. The van der Waals surface area contributed by atoms with Crippen LogP contribution < -0.4 is 0 Å². The van der Waals surface area contributed by atoms with Crippen molar-refractivity contribution in [2.75, 3.05) is 0 Å². The first-order chi connectivity index (χ1) is 14.7. The van der Waals surface area contributed by atoms with Crippen molar-refractivity contribution in [2.24, 2.45) is 52.3 Å². The molecule has 3 saturated carbocycles. The first-order valence-corrected chi connectivity index (χ1v) is 13.5. The van der Waals surface area contributed by atoms with Gasteiger partial charge in [0.2, 0.25) is 0 Å². The molecule has 0 N–H and O–H groups in total. The average molecular weight is 425 g/mol. The summed E-state index contributed by atoms with van der Waals surface area (Å²) >= 11 is 0. The summed E-state index contributed by atoms with van der Waals surface area (Å²) in [5, 5.41) is 0. The van der Waals surface area contributed by atoms with Gasteiger partial charge in [-0.3, -0.25) is 4.79 Å². The van der Waals surface area contributed by atoms with Gasteiger partial charge in [-0.1, -0.05) is 71.6 Å². The van der Waals surface area contributed by atoms with Crippen LogP contribution in [0, 0.1) is 52.3 Å². The topological polar surface area (TPSA) is 17.1 Å². The fraction of sp³-hybridized carbons (Fsp3) is 0.833. The molecule has 0 aromatic rings. The van der Waals surface area contributed by atoms with Gasteiger partial charge in [0.15, 0.2) is 0 Å². The maximum atomic E-state index is 12.3. The second-order valence-electron chi connectivity index (χ2n) is 12.8. The molecular formula is C30H48O. The molecule has 0 aromatic carbocycles. The summed E-state index contributed by atoms with van der Waals surface area (Å²) in [6.07, 6.45) is 18.3. The van der Waals surface area contributed by atoms with E-state index in [1.165, 1.54) is 50.5 Å². The van der Waals surface area contributed by atoms with Gasteiger partial charge in [-0.05, 0) is 90.8 Å². The fourth-order valence-corrected chi connectivity index (χ4v) is 9.08. The van der Waals surface area contributed by atoms with Crippen LogP contribution in [-0.4, -0.2) is 5.78 Å². The average Bonchev–Trinajstić information content (AvgIpc) is 3.06. The molecule has 3 fully saturated rings. The number of hydrogen-bond acceptors (Lipinski definition) is 1. The molecule has 0 saturated heterocycles. The minimum atomic E-state index is 0.276. The highest BCUT2D eigenvalue weighted by Crippen LogP contribution is 2.68. The fourth-order valence-electron chi connectivity index (χ4n) is 9.08. The van der Waals surface area contributed by atoms with Gasteiger partial charge in [0.05, 0.1) is 0 Å². The molecule has 0 heterocycles. The van der Waals surface area contributed by atoms with Gasteiger partial charge in [-0.25, -0.2) is 0 Å². The zero-order valence-electron chi connectivity index (χ0n) is 21.1. The zero-order chi connectivity index (χ0) is 22.4. The summed E-state index contributed by atoms with van der Waals surface area (Å²) < 4.78 is 0. The Morgan fingerprint density at radius 2 is 1.87 bits per heavy atom. The van der Waals surface area contributed by atoms with Crippen molar-refractivity contribution >= 4 is 5.78 Å². The molecule has 4 aliphatic carbocycles. The van der Waals surface area contributed by atoms with E-state index in [0.29, 0.717) is 17.1 Å². The van der Waals surface area contributed by atoms with E-state index in [9.17, 15) is 4.79 Å². The Balaban J connectivity index is 1.59. The molecule has 0 radical (unpaired) electrons. The van der Waals surface area contributed by atoms with Gasteiger partial charge < -0.3 is 0 Å². The van der Waals surface area contributed by atoms with E-state index in [2.05, 4.69) is 53.3 Å². The first-order valence-electron chi connectivity index (χ1n) is 13.5. The molecule has 0 aliphatic heterocycles. The Bertz CT molecular complexity index is 716. The van der Waals surface area contributed by atoms with Crippen molar-refractivity contribution < 1.29 is 4.79 Å². The van der Waals surface area contributed by atoms with Crippen LogP contribution in [0.2, 0.25) is 0 Å². The number of hydrogen-bond donors (Lipinski definition) is 0. The van der Waals surface area contributed by atoms with Crippen molar-refractivity contribution in [3.05, 3.63) is 24.3 Å². The summed E-state index contributed by atoms with van der Waals surface area (Å²) in [7, 11) is 0. The third-order valence-electron chi connectivity index (χ3n) is 10.7. The van der Waals surface area contributed by atoms with E-state index in [1.807, 2.05) is 0 Å². The SMILES string of the molecule is C=CCC1C=C2CC(=O)CC[C@]2(C)[C@H]2CC[C@]3(C)[C@@H]([C@H](C)CCCC(C)C)CC[C@H]3[C@H]12. The molecule has 1 heteroatoms. The summed E-state index contributed by atoms with van der Waals surface area (Å²) in [5.74, 6) is 6.11. The molecule has 4 aliphatic rings. The van der Waals surface area contributed by atoms with Crippen LogP contribution in [0.25, 0.3) is 0 Å². The monoisotopic (exact) mass is 424 g/mol. The lowest BCUT2D eigenvalue weighted by atomic mass is 9.45. The van der Waals surface area contributed by atoms with Crippen LogP contribution >= 0.6 is 0 Å². The molecule has 4 rings (SSSR count). The number of fused-ring (bicyclic) bond motifs is 5. The van der Waals surface area contributed by atoms with Gasteiger partial charge in [0, 0.05) is 12.8 Å². The van der Waals surface area contributed by atoms with Crippen molar-refractivity contribution in [2.45, 2.75) is 105 Å². The highest BCUT2D eigenvalue weighted by atomic mass is 16.1. The van der Waals surface area contributed by atoms with E-state index >= 15 is 0 Å². The van der Waals surface area contributed by atoms with E-state index in [1.54, 1.807) is 0 Å². The highest BCUT2D eigenvalue weighted by Gasteiger charge is 2.60. The van der Waals surface area contributed by atoms with Crippen molar-refractivity contribution in [1.82, 2.24) is 0 Å². The third kappa shape index (κ3) is 4.02. The second-order valence-corrected chi connectivity index (χ2v) is 12.8. The Kier molecular flexibility index (Phi) is 6.64. The Morgan fingerprint density at radius 3 is 2.58 bits per heavy atom. The zero-order valence-corrected chi connectivity index (χ0v) is 21.1. The second kappa shape index (κ2) is 8.83. The Hall–Kier alpha value is -0.850. The van der Waals surface area contributed by atoms with Gasteiger partial charge in [0.1, 0.15) is 5.78 Å². The summed E-state index contributed by atoms with van der Waals surface area (Å²) in [6.45, 7) is 16.6. The molecule has 174 valence electrons. The molecular weight excluding hydrogens is 376 g/mol. The van der Waals surface area contributed by atoms with Gasteiger partial charge in [-0.2, -0.15) is 0 Å². The number of carbonyl (C=O) groups excluding carboxylic acids is 1. The number of allylic oxidation sites excluding steroid dienone is 3. The quantitative estimate of drug-likeness (QED) is 0.375. The molecule has 1 nitrogen and oxygen atoms in total. The smallest absolute Gasteiger partial charge is 0.136 e. The molecule has 1 unspecified atom stereocenters. The highest BCUT2D eigenvalue weighted by molar-refractivity contribution is 5.82. The molecule has 8 atom stereocenters. The lowest BCUT2D eigenvalue weighted by molar-refractivity contribution is -0.123. The normalized spacial score (nSPS) is 43.1. The molecule has 0 spiro atoms. The van der Waals surface area contributed by atoms with Crippen LogP contribution in [0.15, 0.2) is 24.3 Å². The van der Waals surface area contributed by atoms with E-state index in [0.717, 1.165) is 61.2 Å². The summed E-state index contributed by atoms with van der Waals surface area (Å²) in [4.78, 5) is 12.3. The largest absolute Gasteiger partial charge is 0.299 e. The molecule has 31 heavy (non-hydrogen) atoms. The predicted octanol–water partition coefficient (Wildman–Crippen LogP) is 8.40. The van der Waals surface area contributed by atoms with Gasteiger partial charge >= 0.3 is 0 Å². The molecule has 0 amide bonds. The summed E-state index contributed by atoms with van der Waals surface area (Å²) in [5.41, 5.74) is 2.29. The minimum Gasteiger partial charge on any atom is -0.299 e. The van der Waals surface area contributed by atoms with Crippen LogP contribution in [0.1, 0.15) is 105 Å². The van der Waals surface area contributed by atoms with Crippen LogP contribution in [-0.2, 0) is 4.79 Å². The van der Waals surface area contributed by atoms with E-state index < -0.39 is 0 Å². The Morgan fingerprint density at radius 1 is 1.10 bits per heavy atom. The number of carbonyl (C=O) groups is 1. The van der Waals surface area contributed by atoms with Gasteiger partial charge in [-0.15, -0.1) is 6.58 Å². The molecule has 0 aromatic heterocycles. The van der Waals surface area contributed by atoms with Crippen LogP contribution in [0.5, 0.6) is 0 Å². The van der Waals surface area contributed by atoms with Crippen molar-refractivity contribution in [3.8, 4) is 0 Å². The van der Waals surface area contributed by atoms with Crippen molar-refractivity contribution in [1.29, 1.82) is 0 Å². The van der Waals surface area contributed by atoms with Crippen molar-refractivity contribution in [3.63, 3.8) is 0 Å². The van der Waals surface area contributed by atoms with Gasteiger partial charge in [0.25, 0.3) is 0 Å². The van der Waals surface area contributed by atoms with Crippen LogP contribution in [0.3, 0.4) is 0 Å². The number of rotatable bonds is 7. The standard InChI is InChI=1S/C30H48O/c1-7-9-22-18-23-19-24(31)14-16-29(23,5)27-15-17-30(6)25(12-13-26(30)28(22)27)21(4)11-8-10-20(2)3/h7,18,20-22,25-28H,1,8-17,19H2,2-6H3/t21-,22?,25-,26+,27+,28+,29+,30-/m1/s1. The maximum absolute atomic E-state index is 12.3. The lowest BCUT2D eigenvalue weighted by Gasteiger charge is -2.60. The summed E-state index contributed by atoms with van der Waals surface area (Å²) in [6, 6.07) is 0. The predicted molar refractivity (Wildman–Crippen MR) is 132 cm³/mol. The number of ketones is 1. The Labute approximate surface area is 192 Å². The van der Waals surface area contributed by atoms with Crippen LogP contribution in [0.4, 0.5) is 0 Å². The minimum absolute atomic E-state index is 0.276. The van der Waals surface area contributed by atoms with E-state index in [-0.39, 0.29) is 5.41 Å². The van der Waals surface area contributed by atoms with E-state index in [4.69, 9.17) is 0 Å². The lowest BCUT2D eigenvalue weighted by Crippen LogP contribution is -2.53. The third-order valence-corrected chi connectivity index (χ3v) is 10.7. The molecule has 0 bridgehead atoms.